The Bertz CT molecular complexity index is 957. The summed E-state index contributed by atoms with van der Waals surface area (Å²) < 4.78 is 0. The molecule has 0 saturated carbocycles. The van der Waals surface area contributed by atoms with Crippen LogP contribution in [0.5, 0.6) is 0 Å². The smallest absolute Gasteiger partial charge is 0.252 e. The van der Waals surface area contributed by atoms with Crippen LogP contribution in [0.4, 0.5) is 0 Å². The van der Waals surface area contributed by atoms with Crippen LogP contribution in [0, 0.1) is 13.8 Å². The van der Waals surface area contributed by atoms with Crippen LogP contribution in [0.3, 0.4) is 0 Å². The second-order valence-electron chi connectivity index (χ2n) is 5.85. The highest BCUT2D eigenvalue weighted by Crippen LogP contribution is 2.14. The Morgan fingerprint density at radius 3 is 2.19 bits per heavy atom. The fourth-order valence-electron chi connectivity index (χ4n) is 2.43. The molecule has 2 heterocycles. The van der Waals surface area contributed by atoms with Crippen molar-refractivity contribution in [2.24, 2.45) is 0 Å². The van der Waals surface area contributed by atoms with Gasteiger partial charge < -0.3 is 10.6 Å². The maximum Gasteiger partial charge on any atom is 0.252 e. The summed E-state index contributed by atoms with van der Waals surface area (Å²) in [6.07, 6.45) is 3.10. The Labute approximate surface area is 150 Å². The molecule has 26 heavy (non-hydrogen) atoms. The summed E-state index contributed by atoms with van der Waals surface area (Å²) >= 11 is 0. The van der Waals surface area contributed by atoms with Gasteiger partial charge in [-0.15, -0.1) is 0 Å². The molecule has 7 nitrogen and oxygen atoms in total. The topological polar surface area (TPSA) is 96.9 Å². The number of fused-ring (bicyclic) bond motifs is 1. The molecule has 132 valence electrons. The van der Waals surface area contributed by atoms with Gasteiger partial charge in [0.05, 0.1) is 28.0 Å². The number of nitrogens with one attached hydrogen (secondary N) is 2. The van der Waals surface area contributed by atoms with Crippen molar-refractivity contribution in [3.05, 3.63) is 65.2 Å². The van der Waals surface area contributed by atoms with Gasteiger partial charge in [0.15, 0.2) is 0 Å². The summed E-state index contributed by atoms with van der Waals surface area (Å²) in [5, 5.41) is 5.51. The lowest BCUT2D eigenvalue weighted by Crippen LogP contribution is -2.34. The van der Waals surface area contributed by atoms with E-state index in [1.165, 1.54) is 6.20 Å². The summed E-state index contributed by atoms with van der Waals surface area (Å²) in [4.78, 5) is 37.0. The summed E-state index contributed by atoms with van der Waals surface area (Å²) in [7, 11) is 0. The minimum Gasteiger partial charge on any atom is -0.350 e. The van der Waals surface area contributed by atoms with E-state index in [1.807, 2.05) is 13.8 Å². The molecule has 0 aliphatic heterocycles. The monoisotopic (exact) mass is 349 g/mol. The second-order valence-corrected chi connectivity index (χ2v) is 5.85. The van der Waals surface area contributed by atoms with E-state index in [4.69, 9.17) is 0 Å². The summed E-state index contributed by atoms with van der Waals surface area (Å²) in [6, 6.07) is 8.60. The molecule has 0 unspecified atom stereocenters. The number of benzene rings is 1. The first-order valence-electron chi connectivity index (χ1n) is 8.26. The van der Waals surface area contributed by atoms with Gasteiger partial charge in [0.2, 0.25) is 0 Å². The second kappa shape index (κ2) is 7.69. The van der Waals surface area contributed by atoms with Gasteiger partial charge in [0, 0.05) is 31.0 Å². The Kier molecular flexibility index (Phi) is 5.17. The van der Waals surface area contributed by atoms with Crippen molar-refractivity contribution in [2.75, 3.05) is 13.1 Å². The predicted octanol–water partition coefficient (Wildman–Crippen LogP) is 1.80. The molecule has 0 spiro atoms. The number of hydrogen-bond donors (Lipinski definition) is 2. The van der Waals surface area contributed by atoms with Crippen LogP contribution in [-0.4, -0.2) is 39.9 Å². The number of rotatable bonds is 5. The number of nitrogens with zero attached hydrogens (tertiary/aromatic N) is 3. The molecule has 7 heteroatoms. The molecule has 0 bridgehead atoms. The average Bonchev–Trinajstić information content (AvgIpc) is 2.66. The van der Waals surface area contributed by atoms with Crippen LogP contribution >= 0.6 is 0 Å². The van der Waals surface area contributed by atoms with Crippen molar-refractivity contribution in [1.82, 2.24) is 25.6 Å². The van der Waals surface area contributed by atoms with Gasteiger partial charge in [0.25, 0.3) is 11.8 Å². The Morgan fingerprint density at radius 2 is 1.54 bits per heavy atom. The normalized spacial score (nSPS) is 10.5. The maximum absolute atomic E-state index is 12.3. The SMILES string of the molecule is Cc1nc2ccc(C(=O)NCCNC(=O)c3cccnc3)cc2nc1C. The van der Waals surface area contributed by atoms with Gasteiger partial charge in [-0.1, -0.05) is 0 Å². The molecule has 1 aromatic carbocycles. The molecule has 0 aliphatic carbocycles. The predicted molar refractivity (Wildman–Crippen MR) is 97.9 cm³/mol. The molecule has 0 saturated heterocycles. The summed E-state index contributed by atoms with van der Waals surface area (Å²) in [5.74, 6) is -0.443. The molecule has 2 amide bonds. The van der Waals surface area contributed by atoms with Gasteiger partial charge >= 0.3 is 0 Å². The Morgan fingerprint density at radius 1 is 0.885 bits per heavy atom. The van der Waals surface area contributed by atoms with Crippen LogP contribution in [0.25, 0.3) is 11.0 Å². The van der Waals surface area contributed by atoms with Crippen LogP contribution < -0.4 is 10.6 Å². The lowest BCUT2D eigenvalue weighted by molar-refractivity contribution is 0.0927. The Hall–Kier alpha value is -3.35. The number of aryl methyl sites for hydroxylation is 2. The van der Waals surface area contributed by atoms with E-state index in [0.29, 0.717) is 29.7 Å². The lowest BCUT2D eigenvalue weighted by Gasteiger charge is -2.08. The van der Waals surface area contributed by atoms with Crippen LogP contribution in [0.2, 0.25) is 0 Å². The highest BCUT2D eigenvalue weighted by atomic mass is 16.2. The molecule has 0 aliphatic rings. The number of hydrogen-bond acceptors (Lipinski definition) is 5. The minimum atomic E-state index is -0.223. The molecule has 0 fully saturated rings. The van der Waals surface area contributed by atoms with Crippen molar-refractivity contribution in [1.29, 1.82) is 0 Å². The van der Waals surface area contributed by atoms with E-state index < -0.39 is 0 Å². The number of aromatic nitrogens is 3. The first-order valence-corrected chi connectivity index (χ1v) is 8.26. The fraction of sp³-hybridized carbons (Fsp3) is 0.211. The van der Waals surface area contributed by atoms with Crippen molar-refractivity contribution < 1.29 is 9.59 Å². The zero-order chi connectivity index (χ0) is 18.5. The molecule has 2 N–H and O–H groups in total. The molecule has 0 atom stereocenters. The van der Waals surface area contributed by atoms with Crippen LogP contribution in [0.1, 0.15) is 32.1 Å². The third-order valence-corrected chi connectivity index (χ3v) is 3.96. The largest absolute Gasteiger partial charge is 0.350 e. The van der Waals surface area contributed by atoms with E-state index in [0.717, 1.165) is 16.9 Å². The zero-order valence-corrected chi connectivity index (χ0v) is 14.6. The van der Waals surface area contributed by atoms with E-state index in [1.54, 1.807) is 36.5 Å². The van der Waals surface area contributed by atoms with E-state index in [2.05, 4.69) is 25.6 Å². The first-order chi connectivity index (χ1) is 12.5. The molecule has 2 aromatic heterocycles. The molecule has 3 rings (SSSR count). The maximum atomic E-state index is 12.3. The Balaban J connectivity index is 1.56. The number of pyridine rings is 1. The van der Waals surface area contributed by atoms with Crippen molar-refractivity contribution in [3.8, 4) is 0 Å². The molecular weight excluding hydrogens is 330 g/mol. The zero-order valence-electron chi connectivity index (χ0n) is 14.6. The van der Waals surface area contributed by atoms with Crippen molar-refractivity contribution in [3.63, 3.8) is 0 Å². The quantitative estimate of drug-likeness (QED) is 0.685. The van der Waals surface area contributed by atoms with Gasteiger partial charge in [-0.25, -0.2) is 9.97 Å². The third-order valence-electron chi connectivity index (χ3n) is 3.96. The fourth-order valence-corrected chi connectivity index (χ4v) is 2.43. The number of amides is 2. The molecule has 0 radical (unpaired) electrons. The van der Waals surface area contributed by atoms with Gasteiger partial charge in [0.1, 0.15) is 0 Å². The average molecular weight is 349 g/mol. The third kappa shape index (κ3) is 4.00. The number of carbonyl (C=O) groups excluding carboxylic acids is 2. The van der Waals surface area contributed by atoms with E-state index in [9.17, 15) is 9.59 Å². The highest BCUT2D eigenvalue weighted by molar-refractivity contribution is 5.97. The lowest BCUT2D eigenvalue weighted by atomic mass is 10.1. The highest BCUT2D eigenvalue weighted by Gasteiger charge is 2.09. The standard InChI is InChI=1S/C19H19N5O2/c1-12-13(2)24-17-10-14(5-6-16(17)23-12)18(25)21-8-9-22-19(26)15-4-3-7-20-11-15/h3-7,10-11H,8-9H2,1-2H3,(H,21,25)(H,22,26). The van der Waals surface area contributed by atoms with E-state index in [-0.39, 0.29) is 11.8 Å². The van der Waals surface area contributed by atoms with Crippen LogP contribution in [-0.2, 0) is 0 Å². The van der Waals surface area contributed by atoms with Gasteiger partial charge in [-0.3, -0.25) is 14.6 Å². The number of carbonyl (C=O) groups is 2. The minimum absolute atomic E-state index is 0.220. The van der Waals surface area contributed by atoms with Gasteiger partial charge in [-0.2, -0.15) is 0 Å². The van der Waals surface area contributed by atoms with Crippen molar-refractivity contribution >= 4 is 22.8 Å². The van der Waals surface area contributed by atoms with Crippen LogP contribution in [0.15, 0.2) is 42.7 Å². The van der Waals surface area contributed by atoms with Gasteiger partial charge in [-0.05, 0) is 44.2 Å². The van der Waals surface area contributed by atoms with E-state index >= 15 is 0 Å². The summed E-state index contributed by atoms with van der Waals surface area (Å²) in [5.41, 5.74) is 4.15. The molecular formula is C19H19N5O2. The first kappa shape index (κ1) is 17.5. The molecule has 3 aromatic rings. The van der Waals surface area contributed by atoms with Crippen molar-refractivity contribution in [2.45, 2.75) is 13.8 Å². The summed E-state index contributed by atoms with van der Waals surface area (Å²) in [6.45, 7) is 4.44.